The Bertz CT molecular complexity index is 518. The van der Waals surface area contributed by atoms with Gasteiger partial charge in [0, 0.05) is 29.7 Å². The normalized spacial score (nSPS) is 12.7. The molecule has 0 saturated carbocycles. The molecule has 0 rings (SSSR count). The Morgan fingerprint density at radius 1 is 0.792 bits per heavy atom. The van der Waals surface area contributed by atoms with Crippen molar-refractivity contribution in [1.29, 1.82) is 26.3 Å². The number of hydrogen-bond donors (Lipinski definition) is 0. The van der Waals surface area contributed by atoms with Gasteiger partial charge in [0.1, 0.15) is 0 Å². The van der Waals surface area contributed by atoms with Crippen LogP contribution in [0, 0.1) is 80.3 Å². The van der Waals surface area contributed by atoms with E-state index in [0.29, 0.717) is 19.3 Å². The van der Waals surface area contributed by atoms with Gasteiger partial charge in [0.2, 0.25) is 0 Å². The number of nitriles is 5. The van der Waals surface area contributed by atoms with E-state index in [2.05, 4.69) is 30.9 Å². The molecule has 0 heterocycles. The van der Waals surface area contributed by atoms with Crippen molar-refractivity contribution in [3.8, 4) is 30.3 Å². The van der Waals surface area contributed by atoms with E-state index < -0.39 is 0 Å². The Balaban J connectivity index is -0.000000298. The van der Waals surface area contributed by atoms with Crippen LogP contribution in [0.1, 0.15) is 54.4 Å². The van der Waals surface area contributed by atoms with Crippen LogP contribution in [-0.2, 0) is 0 Å². The zero-order chi connectivity index (χ0) is 17.4. The molecule has 0 spiro atoms. The lowest BCUT2D eigenvalue weighted by atomic mass is 9.84. The fourth-order valence-electron chi connectivity index (χ4n) is 1.88. The summed E-state index contributed by atoms with van der Waals surface area (Å²) >= 11 is 0. The second-order valence-electron chi connectivity index (χ2n) is 4.96. The highest BCUT2D eigenvalue weighted by atomic mass is 14.4. The number of allylic oxidation sites excluding steroid dienone is 1. The van der Waals surface area contributed by atoms with Gasteiger partial charge >= 0.3 is 0 Å². The third-order valence-corrected chi connectivity index (χ3v) is 3.13. The zero-order valence-corrected chi connectivity index (χ0v) is 13.2. The van der Waals surface area contributed by atoms with E-state index in [9.17, 15) is 0 Å². The summed E-state index contributed by atoms with van der Waals surface area (Å²) in [4.78, 5) is 0. The maximum atomic E-state index is 9.07. The highest BCUT2D eigenvalue weighted by Gasteiger charge is 2.21. The maximum absolute atomic E-state index is 9.07. The smallest absolute Gasteiger partial charge is 0.0905 e. The van der Waals surface area contributed by atoms with Crippen molar-refractivity contribution in [2.75, 3.05) is 0 Å². The standard InChI is InChI=1S/C14H18N4.C3H3N.2CH4/c1-3-12(8-16)5-14(10-18)6-13(9-17)4-11(2)7-15;1-2-3-4;;/h11-14H,3-6H2,1-2H3;2H,1H2;2*1H4. The van der Waals surface area contributed by atoms with E-state index in [1.54, 1.807) is 13.0 Å². The van der Waals surface area contributed by atoms with Crippen LogP contribution < -0.4 is 0 Å². The first-order valence-electron chi connectivity index (χ1n) is 7.11. The first kappa shape index (κ1) is 29.2. The Labute approximate surface area is 148 Å². The van der Waals surface area contributed by atoms with Crippen molar-refractivity contribution in [3.05, 3.63) is 12.7 Å². The molecule has 0 aromatic heterocycles. The Morgan fingerprint density at radius 2 is 1.17 bits per heavy atom. The summed E-state index contributed by atoms with van der Waals surface area (Å²) in [5.74, 6) is -0.847. The van der Waals surface area contributed by atoms with Crippen LogP contribution in [0.25, 0.3) is 0 Å². The van der Waals surface area contributed by atoms with Crippen molar-refractivity contribution in [2.45, 2.75) is 54.4 Å². The van der Waals surface area contributed by atoms with Crippen molar-refractivity contribution in [1.82, 2.24) is 0 Å². The van der Waals surface area contributed by atoms with E-state index in [0.717, 1.165) is 6.42 Å². The van der Waals surface area contributed by atoms with Crippen molar-refractivity contribution < 1.29 is 0 Å². The van der Waals surface area contributed by atoms with Crippen LogP contribution in [0.3, 0.4) is 0 Å². The van der Waals surface area contributed by atoms with Gasteiger partial charge in [0.25, 0.3) is 0 Å². The van der Waals surface area contributed by atoms with Crippen molar-refractivity contribution in [3.63, 3.8) is 0 Å². The summed E-state index contributed by atoms with van der Waals surface area (Å²) in [5.41, 5.74) is 0. The lowest BCUT2D eigenvalue weighted by molar-refractivity contribution is 0.391. The van der Waals surface area contributed by atoms with Gasteiger partial charge < -0.3 is 0 Å². The average Bonchev–Trinajstić information content (AvgIpc) is 2.57. The number of nitrogens with zero attached hydrogens (tertiary/aromatic N) is 5. The molecule has 0 N–H and O–H groups in total. The minimum Gasteiger partial charge on any atom is -0.198 e. The average molecular weight is 327 g/mol. The molecule has 0 aromatic carbocycles. The molecule has 4 atom stereocenters. The van der Waals surface area contributed by atoms with E-state index >= 15 is 0 Å². The lowest BCUT2D eigenvalue weighted by Gasteiger charge is -2.16. The highest BCUT2D eigenvalue weighted by molar-refractivity contribution is 4.97. The minimum atomic E-state index is -0.277. The summed E-state index contributed by atoms with van der Waals surface area (Å²) in [5, 5.41) is 43.2. The van der Waals surface area contributed by atoms with Gasteiger partial charge in [-0.3, -0.25) is 0 Å². The van der Waals surface area contributed by atoms with Crippen LogP contribution in [0.5, 0.6) is 0 Å². The van der Waals surface area contributed by atoms with Gasteiger partial charge in [-0.2, -0.15) is 26.3 Å². The molecular formula is C19H29N5. The fraction of sp³-hybridized carbons (Fsp3) is 0.632. The fourth-order valence-corrected chi connectivity index (χ4v) is 1.88. The molecule has 0 fully saturated rings. The third-order valence-electron chi connectivity index (χ3n) is 3.13. The molecule has 4 unspecified atom stereocenters. The molecule has 5 heteroatoms. The molecule has 0 saturated heterocycles. The van der Waals surface area contributed by atoms with Crippen LogP contribution >= 0.6 is 0 Å². The third kappa shape index (κ3) is 15.6. The molecule has 0 aliphatic rings. The Kier molecular flexibility index (Phi) is 24.6. The van der Waals surface area contributed by atoms with Gasteiger partial charge in [0.05, 0.1) is 30.3 Å². The molecule has 0 amide bonds. The monoisotopic (exact) mass is 327 g/mol. The van der Waals surface area contributed by atoms with Gasteiger partial charge in [-0.1, -0.05) is 28.4 Å². The molecule has 0 aromatic rings. The summed E-state index contributed by atoms with van der Waals surface area (Å²) < 4.78 is 0. The van der Waals surface area contributed by atoms with Gasteiger partial charge in [-0.05, 0) is 32.6 Å². The molecule has 0 aliphatic carbocycles. The minimum absolute atomic E-state index is 0. The predicted molar refractivity (Wildman–Crippen MR) is 95.5 cm³/mol. The topological polar surface area (TPSA) is 119 Å². The molecule has 0 bridgehead atoms. The van der Waals surface area contributed by atoms with E-state index in [1.165, 1.54) is 6.08 Å². The van der Waals surface area contributed by atoms with Crippen LogP contribution in [-0.4, -0.2) is 0 Å². The molecule has 130 valence electrons. The molecule has 24 heavy (non-hydrogen) atoms. The summed E-state index contributed by atoms with van der Waals surface area (Å²) in [6.45, 7) is 6.81. The molecular weight excluding hydrogens is 298 g/mol. The number of rotatable bonds is 7. The Morgan fingerprint density at radius 3 is 1.46 bits per heavy atom. The summed E-state index contributed by atoms with van der Waals surface area (Å²) in [7, 11) is 0. The molecule has 0 radical (unpaired) electrons. The second-order valence-corrected chi connectivity index (χ2v) is 4.96. The van der Waals surface area contributed by atoms with Crippen molar-refractivity contribution >= 4 is 0 Å². The number of hydrogen-bond acceptors (Lipinski definition) is 5. The first-order chi connectivity index (χ1) is 10.5. The lowest BCUT2D eigenvalue weighted by Crippen LogP contribution is -2.12. The first-order valence-corrected chi connectivity index (χ1v) is 7.11. The van der Waals surface area contributed by atoms with Crippen LogP contribution in [0.4, 0.5) is 0 Å². The van der Waals surface area contributed by atoms with Crippen LogP contribution in [0.2, 0.25) is 0 Å². The zero-order valence-electron chi connectivity index (χ0n) is 13.2. The summed E-state index contributed by atoms with van der Waals surface area (Å²) in [6.07, 6.45) is 3.37. The second kappa shape index (κ2) is 20.2. The van der Waals surface area contributed by atoms with E-state index in [1.807, 2.05) is 6.92 Å². The van der Waals surface area contributed by atoms with Crippen molar-refractivity contribution in [2.24, 2.45) is 23.7 Å². The quantitative estimate of drug-likeness (QED) is 0.601. The molecule has 5 nitrogen and oxygen atoms in total. The predicted octanol–water partition coefficient (Wildman–Crippen LogP) is 5.11. The highest BCUT2D eigenvalue weighted by Crippen LogP contribution is 2.24. The SMILES string of the molecule is C.C.C=CC#N.CCC(C#N)CC(C#N)CC(C#N)CC(C)C#N. The van der Waals surface area contributed by atoms with Gasteiger partial charge in [0.15, 0.2) is 0 Å². The molecule has 0 aliphatic heterocycles. The summed E-state index contributed by atoms with van der Waals surface area (Å²) in [6, 6.07) is 10.3. The van der Waals surface area contributed by atoms with E-state index in [-0.39, 0.29) is 38.5 Å². The van der Waals surface area contributed by atoms with E-state index in [4.69, 9.17) is 26.3 Å². The van der Waals surface area contributed by atoms with Gasteiger partial charge in [-0.25, -0.2) is 0 Å². The largest absolute Gasteiger partial charge is 0.198 e. The van der Waals surface area contributed by atoms with Crippen LogP contribution in [0.15, 0.2) is 12.7 Å². The van der Waals surface area contributed by atoms with Gasteiger partial charge in [-0.15, -0.1) is 0 Å². The maximum Gasteiger partial charge on any atom is 0.0905 e. The Hall–Kier alpha value is -2.81.